The molecule has 0 aliphatic carbocycles. The minimum absolute atomic E-state index is 0.130. The summed E-state index contributed by atoms with van der Waals surface area (Å²) >= 11 is 0. The highest BCUT2D eigenvalue weighted by atomic mass is 16.5. The minimum atomic E-state index is -0.429. The van der Waals surface area contributed by atoms with Gasteiger partial charge in [-0.05, 0) is 26.3 Å². The third kappa shape index (κ3) is 3.14. The van der Waals surface area contributed by atoms with E-state index < -0.39 is 5.97 Å². The number of nitrogens with one attached hydrogen (secondary N) is 1. The van der Waals surface area contributed by atoms with E-state index in [4.69, 9.17) is 15.2 Å². The van der Waals surface area contributed by atoms with Crippen molar-refractivity contribution in [3.05, 3.63) is 17.8 Å². The van der Waals surface area contributed by atoms with Gasteiger partial charge in [-0.2, -0.15) is 0 Å². The Kier molecular flexibility index (Phi) is 4.21. The third-order valence-electron chi connectivity index (χ3n) is 3.14. The number of anilines is 2. The first-order valence-corrected chi connectivity index (χ1v) is 6.42. The summed E-state index contributed by atoms with van der Waals surface area (Å²) in [6.07, 6.45) is 2.52. The first kappa shape index (κ1) is 13.6. The highest BCUT2D eigenvalue weighted by Gasteiger charge is 2.24. The second kappa shape index (κ2) is 5.88. The van der Waals surface area contributed by atoms with Crippen LogP contribution in [-0.4, -0.2) is 36.3 Å². The number of hydrogen-bond donors (Lipinski definition) is 2. The Morgan fingerprint density at radius 2 is 2.47 bits per heavy atom. The summed E-state index contributed by atoms with van der Waals surface area (Å²) in [5.41, 5.74) is 6.40. The lowest BCUT2D eigenvalue weighted by Crippen LogP contribution is -2.27. The maximum absolute atomic E-state index is 11.7. The van der Waals surface area contributed by atoms with E-state index in [2.05, 4.69) is 10.3 Å². The molecular formula is C13H19N3O3. The van der Waals surface area contributed by atoms with E-state index in [1.165, 1.54) is 6.20 Å². The van der Waals surface area contributed by atoms with E-state index in [1.807, 2.05) is 6.92 Å². The van der Waals surface area contributed by atoms with E-state index in [9.17, 15) is 4.79 Å². The molecule has 3 N–H and O–H groups in total. The van der Waals surface area contributed by atoms with Gasteiger partial charge in [0.1, 0.15) is 5.82 Å². The van der Waals surface area contributed by atoms with Gasteiger partial charge in [0.05, 0.1) is 36.2 Å². The monoisotopic (exact) mass is 265 g/mol. The summed E-state index contributed by atoms with van der Waals surface area (Å²) < 4.78 is 10.4. The molecule has 1 aliphatic heterocycles. The highest BCUT2D eigenvalue weighted by Crippen LogP contribution is 2.20. The smallest absolute Gasteiger partial charge is 0.340 e. The molecule has 1 fully saturated rings. The molecule has 1 saturated heterocycles. The summed E-state index contributed by atoms with van der Waals surface area (Å²) in [6.45, 7) is 4.82. The highest BCUT2D eigenvalue weighted by molar-refractivity contribution is 5.95. The molecule has 1 aromatic rings. The molecule has 0 spiro atoms. The van der Waals surface area contributed by atoms with Gasteiger partial charge in [-0.1, -0.05) is 0 Å². The van der Waals surface area contributed by atoms with Crippen LogP contribution < -0.4 is 11.1 Å². The summed E-state index contributed by atoms with van der Waals surface area (Å²) in [5.74, 6) is 0.181. The quantitative estimate of drug-likeness (QED) is 0.801. The van der Waals surface area contributed by atoms with Crippen molar-refractivity contribution in [2.45, 2.75) is 32.4 Å². The van der Waals surface area contributed by atoms with Crippen LogP contribution in [0, 0.1) is 0 Å². The standard InChI is InChI=1S/C13H19N3O3/c1-3-18-13(17)9-6-12(15-7-10(9)14)16-11-4-5-19-8(11)2/h6-8,11H,3-5,14H2,1-2H3,(H,15,16). The molecule has 2 atom stereocenters. The van der Waals surface area contributed by atoms with Crippen molar-refractivity contribution < 1.29 is 14.3 Å². The van der Waals surface area contributed by atoms with Gasteiger partial charge in [0.15, 0.2) is 0 Å². The summed E-state index contributed by atoms with van der Waals surface area (Å²) in [6, 6.07) is 1.82. The summed E-state index contributed by atoms with van der Waals surface area (Å²) in [4.78, 5) is 15.9. The van der Waals surface area contributed by atoms with Crippen LogP contribution in [0.3, 0.4) is 0 Å². The average Bonchev–Trinajstić information content (AvgIpc) is 2.78. The molecule has 0 radical (unpaired) electrons. The molecule has 6 nitrogen and oxygen atoms in total. The van der Waals surface area contributed by atoms with Crippen LogP contribution in [0.1, 0.15) is 30.6 Å². The van der Waals surface area contributed by atoms with E-state index in [-0.39, 0.29) is 12.1 Å². The predicted octanol–water partition coefficient (Wildman–Crippen LogP) is 1.43. The number of hydrogen-bond acceptors (Lipinski definition) is 6. The number of nitrogens with two attached hydrogens (primary N) is 1. The number of carbonyl (C=O) groups excluding carboxylic acids is 1. The Morgan fingerprint density at radius 1 is 1.68 bits per heavy atom. The zero-order valence-corrected chi connectivity index (χ0v) is 11.2. The third-order valence-corrected chi connectivity index (χ3v) is 3.14. The van der Waals surface area contributed by atoms with Crippen molar-refractivity contribution in [2.24, 2.45) is 0 Å². The number of ether oxygens (including phenoxy) is 2. The number of nitrogens with zero attached hydrogens (tertiary/aromatic N) is 1. The van der Waals surface area contributed by atoms with Gasteiger partial charge in [-0.15, -0.1) is 0 Å². The number of nitrogen functional groups attached to an aromatic ring is 1. The molecule has 2 heterocycles. The molecule has 2 rings (SSSR count). The van der Waals surface area contributed by atoms with Crippen LogP contribution in [0.4, 0.5) is 11.5 Å². The minimum Gasteiger partial charge on any atom is -0.462 e. The van der Waals surface area contributed by atoms with Gasteiger partial charge in [-0.3, -0.25) is 0 Å². The topological polar surface area (TPSA) is 86.5 Å². The Bertz CT molecular complexity index is 464. The Labute approximate surface area is 112 Å². The lowest BCUT2D eigenvalue weighted by molar-refractivity contribution is 0.0527. The average molecular weight is 265 g/mol. The Balaban J connectivity index is 2.13. The number of aromatic nitrogens is 1. The van der Waals surface area contributed by atoms with Gasteiger partial charge in [0.25, 0.3) is 0 Å². The maximum atomic E-state index is 11.7. The molecule has 2 unspecified atom stereocenters. The van der Waals surface area contributed by atoms with Crippen molar-refractivity contribution in [2.75, 3.05) is 24.3 Å². The number of pyridine rings is 1. The van der Waals surface area contributed by atoms with Gasteiger partial charge in [0.2, 0.25) is 0 Å². The zero-order chi connectivity index (χ0) is 13.8. The van der Waals surface area contributed by atoms with Crippen molar-refractivity contribution in [1.82, 2.24) is 4.98 Å². The van der Waals surface area contributed by atoms with Crippen LogP contribution in [0.5, 0.6) is 0 Å². The summed E-state index contributed by atoms with van der Waals surface area (Å²) in [7, 11) is 0. The van der Waals surface area contributed by atoms with Gasteiger partial charge in [0, 0.05) is 6.61 Å². The molecule has 1 aliphatic rings. The van der Waals surface area contributed by atoms with Crippen LogP contribution in [0.2, 0.25) is 0 Å². The normalized spacial score (nSPS) is 22.2. The van der Waals surface area contributed by atoms with Gasteiger partial charge in [-0.25, -0.2) is 9.78 Å². The Hall–Kier alpha value is -1.82. The molecule has 6 heteroatoms. The second-order valence-corrected chi connectivity index (χ2v) is 4.49. The fourth-order valence-electron chi connectivity index (χ4n) is 2.04. The van der Waals surface area contributed by atoms with Crippen molar-refractivity contribution in [3.8, 4) is 0 Å². The summed E-state index contributed by atoms with van der Waals surface area (Å²) in [5, 5.41) is 3.26. The van der Waals surface area contributed by atoms with E-state index in [1.54, 1.807) is 13.0 Å². The van der Waals surface area contributed by atoms with Crippen LogP contribution >= 0.6 is 0 Å². The molecule has 0 amide bonds. The number of carbonyl (C=O) groups is 1. The van der Waals surface area contributed by atoms with Crippen molar-refractivity contribution >= 4 is 17.5 Å². The second-order valence-electron chi connectivity index (χ2n) is 4.49. The molecule has 0 bridgehead atoms. The fourth-order valence-corrected chi connectivity index (χ4v) is 2.04. The molecule has 19 heavy (non-hydrogen) atoms. The number of rotatable bonds is 4. The van der Waals surface area contributed by atoms with Crippen LogP contribution in [-0.2, 0) is 9.47 Å². The van der Waals surface area contributed by atoms with Crippen molar-refractivity contribution in [3.63, 3.8) is 0 Å². The first-order chi connectivity index (χ1) is 9.11. The molecule has 0 aromatic carbocycles. The SMILES string of the molecule is CCOC(=O)c1cc(NC2CCOC2C)ncc1N. The van der Waals surface area contributed by atoms with E-state index >= 15 is 0 Å². The van der Waals surface area contributed by atoms with Crippen molar-refractivity contribution in [1.29, 1.82) is 0 Å². The Morgan fingerprint density at radius 3 is 3.11 bits per heavy atom. The molecule has 0 saturated carbocycles. The van der Waals surface area contributed by atoms with Gasteiger partial charge >= 0.3 is 5.97 Å². The zero-order valence-electron chi connectivity index (χ0n) is 11.2. The lowest BCUT2D eigenvalue weighted by Gasteiger charge is -2.17. The molecular weight excluding hydrogens is 246 g/mol. The maximum Gasteiger partial charge on any atom is 0.340 e. The number of esters is 1. The largest absolute Gasteiger partial charge is 0.462 e. The van der Waals surface area contributed by atoms with Crippen LogP contribution in [0.15, 0.2) is 12.3 Å². The fraction of sp³-hybridized carbons (Fsp3) is 0.538. The molecule has 1 aromatic heterocycles. The van der Waals surface area contributed by atoms with Crippen LogP contribution in [0.25, 0.3) is 0 Å². The predicted molar refractivity (Wildman–Crippen MR) is 72.0 cm³/mol. The van der Waals surface area contributed by atoms with E-state index in [0.29, 0.717) is 23.7 Å². The van der Waals surface area contributed by atoms with Gasteiger partial charge < -0.3 is 20.5 Å². The lowest BCUT2D eigenvalue weighted by atomic mass is 10.1. The van der Waals surface area contributed by atoms with E-state index in [0.717, 1.165) is 13.0 Å². The first-order valence-electron chi connectivity index (χ1n) is 6.42. The molecule has 104 valence electrons.